The molecule has 0 unspecified atom stereocenters. The van der Waals surface area contributed by atoms with Crippen LogP contribution in [0.3, 0.4) is 0 Å². The lowest BCUT2D eigenvalue weighted by Gasteiger charge is -2.06. The molecule has 0 bridgehead atoms. The molecule has 0 aromatic heterocycles. The smallest absolute Gasteiger partial charge is 0.377 e. The number of hydrogen-bond acceptors (Lipinski definition) is 3. The fraction of sp³-hybridized carbons (Fsp3) is 0.176. The summed E-state index contributed by atoms with van der Waals surface area (Å²) in [7, 11) is 0. The van der Waals surface area contributed by atoms with Crippen LogP contribution in [0.25, 0.3) is 0 Å². The lowest BCUT2D eigenvalue weighted by molar-refractivity contribution is -0.131. The van der Waals surface area contributed by atoms with Gasteiger partial charge in [0, 0.05) is 5.56 Å². The molecule has 5 heteroatoms. The van der Waals surface area contributed by atoms with Crippen molar-refractivity contribution in [2.45, 2.75) is 12.8 Å². The lowest BCUT2D eigenvalue weighted by atomic mass is 10.1. The van der Waals surface area contributed by atoms with Crippen LogP contribution in [0.2, 0.25) is 0 Å². The molecular weight excluding hydrogens is 287 g/mol. The van der Waals surface area contributed by atoms with Crippen LogP contribution in [0.15, 0.2) is 48.5 Å². The number of benzene rings is 2. The van der Waals surface area contributed by atoms with Crippen molar-refractivity contribution in [1.82, 2.24) is 0 Å². The monoisotopic (exact) mass is 302 g/mol. The van der Waals surface area contributed by atoms with Crippen molar-refractivity contribution in [2.24, 2.45) is 0 Å². The van der Waals surface area contributed by atoms with Crippen molar-refractivity contribution >= 4 is 11.8 Å². The van der Waals surface area contributed by atoms with Gasteiger partial charge < -0.3 is 9.84 Å². The van der Waals surface area contributed by atoms with Gasteiger partial charge in [-0.2, -0.15) is 0 Å². The zero-order chi connectivity index (χ0) is 15.9. The highest BCUT2D eigenvalue weighted by Crippen LogP contribution is 2.13. The molecule has 0 saturated heterocycles. The van der Waals surface area contributed by atoms with Crippen molar-refractivity contribution in [2.75, 3.05) is 6.61 Å². The number of rotatable bonds is 7. The normalized spacial score (nSPS) is 10.2. The van der Waals surface area contributed by atoms with Gasteiger partial charge in [0.05, 0.1) is 6.61 Å². The van der Waals surface area contributed by atoms with Gasteiger partial charge in [0.15, 0.2) is 0 Å². The van der Waals surface area contributed by atoms with Crippen molar-refractivity contribution in [1.29, 1.82) is 0 Å². The van der Waals surface area contributed by atoms with Gasteiger partial charge in [-0.05, 0) is 54.8 Å². The number of ether oxygens (including phenoxy) is 1. The molecule has 0 aliphatic heterocycles. The van der Waals surface area contributed by atoms with Gasteiger partial charge in [0.25, 0.3) is 5.78 Å². The van der Waals surface area contributed by atoms with Crippen LogP contribution < -0.4 is 4.74 Å². The van der Waals surface area contributed by atoms with E-state index in [4.69, 9.17) is 9.84 Å². The average molecular weight is 302 g/mol. The second kappa shape index (κ2) is 7.36. The summed E-state index contributed by atoms with van der Waals surface area (Å²) in [5.41, 5.74) is 1.15. The van der Waals surface area contributed by atoms with E-state index in [1.54, 1.807) is 24.3 Å². The maximum absolute atomic E-state index is 12.8. The highest BCUT2D eigenvalue weighted by atomic mass is 19.1. The van der Waals surface area contributed by atoms with Gasteiger partial charge in [-0.1, -0.05) is 12.1 Å². The first-order chi connectivity index (χ1) is 10.6. The van der Waals surface area contributed by atoms with E-state index in [1.165, 1.54) is 24.3 Å². The maximum atomic E-state index is 12.8. The van der Waals surface area contributed by atoms with E-state index in [-0.39, 0.29) is 11.4 Å². The van der Waals surface area contributed by atoms with Crippen molar-refractivity contribution in [3.63, 3.8) is 0 Å². The molecule has 0 heterocycles. The van der Waals surface area contributed by atoms with Crippen molar-refractivity contribution in [3.8, 4) is 5.75 Å². The molecule has 2 aromatic rings. The average Bonchev–Trinajstić information content (AvgIpc) is 2.53. The van der Waals surface area contributed by atoms with Crippen LogP contribution in [0.5, 0.6) is 5.75 Å². The molecule has 4 nitrogen and oxygen atoms in total. The lowest BCUT2D eigenvalue weighted by Crippen LogP contribution is -2.12. The molecule has 1 N–H and O–H groups in total. The zero-order valence-corrected chi connectivity index (χ0v) is 11.8. The second-order valence-electron chi connectivity index (χ2n) is 4.74. The number of carbonyl (C=O) groups is 2. The third-order valence-corrected chi connectivity index (χ3v) is 3.10. The summed E-state index contributed by atoms with van der Waals surface area (Å²) in [5, 5.41) is 8.60. The highest BCUT2D eigenvalue weighted by Gasteiger charge is 2.13. The number of carboxylic acid groups (broad SMARTS) is 1. The molecule has 0 radical (unpaired) electrons. The molecule has 2 aromatic carbocycles. The number of aryl methyl sites for hydroxylation is 1. The number of carbonyl (C=O) groups excluding carboxylic acids is 1. The largest absolute Gasteiger partial charge is 0.494 e. The molecule has 2 rings (SSSR count). The van der Waals surface area contributed by atoms with E-state index in [0.717, 1.165) is 18.4 Å². The second-order valence-corrected chi connectivity index (χ2v) is 4.74. The van der Waals surface area contributed by atoms with Crippen LogP contribution >= 0.6 is 0 Å². The van der Waals surface area contributed by atoms with E-state index in [2.05, 4.69) is 0 Å². The third-order valence-electron chi connectivity index (χ3n) is 3.10. The first kappa shape index (κ1) is 15.7. The summed E-state index contributed by atoms with van der Waals surface area (Å²) in [5.74, 6) is -2.10. The Morgan fingerprint density at radius 1 is 1.00 bits per heavy atom. The minimum Gasteiger partial charge on any atom is -0.494 e. The van der Waals surface area contributed by atoms with Gasteiger partial charge in [0.1, 0.15) is 11.6 Å². The van der Waals surface area contributed by atoms with Gasteiger partial charge in [0.2, 0.25) is 0 Å². The Hall–Kier alpha value is -2.69. The van der Waals surface area contributed by atoms with E-state index < -0.39 is 11.8 Å². The summed E-state index contributed by atoms with van der Waals surface area (Å²) >= 11 is 0. The Morgan fingerprint density at radius 2 is 1.64 bits per heavy atom. The first-order valence-corrected chi connectivity index (χ1v) is 6.81. The molecule has 0 saturated carbocycles. The van der Waals surface area contributed by atoms with Crippen LogP contribution in [-0.4, -0.2) is 23.5 Å². The maximum Gasteiger partial charge on any atom is 0.377 e. The minimum absolute atomic E-state index is 0.117. The predicted molar refractivity (Wildman–Crippen MR) is 78.6 cm³/mol. The first-order valence-electron chi connectivity index (χ1n) is 6.81. The molecule has 0 aliphatic rings. The number of Topliss-reactive ketones (excluding diaryl/α,β-unsaturated/α-hetero) is 1. The molecule has 0 fully saturated rings. The van der Waals surface area contributed by atoms with E-state index in [0.29, 0.717) is 12.4 Å². The van der Waals surface area contributed by atoms with E-state index in [1.807, 2.05) is 0 Å². The minimum atomic E-state index is -1.48. The topological polar surface area (TPSA) is 63.6 Å². The number of aliphatic carboxylic acids is 1. The molecule has 0 aliphatic carbocycles. The molecule has 0 spiro atoms. The van der Waals surface area contributed by atoms with Gasteiger partial charge >= 0.3 is 5.97 Å². The van der Waals surface area contributed by atoms with Crippen LogP contribution in [0.1, 0.15) is 22.3 Å². The summed E-state index contributed by atoms with van der Waals surface area (Å²) < 4.78 is 18.3. The standard InChI is InChI=1S/C17H15FO4/c18-14-7-3-12(4-8-14)2-1-11-22-15-9-5-13(6-10-15)16(19)17(20)21/h3-10H,1-2,11H2,(H,20,21). The van der Waals surface area contributed by atoms with Crippen LogP contribution in [0.4, 0.5) is 4.39 Å². The fourth-order valence-electron chi connectivity index (χ4n) is 1.94. The Morgan fingerprint density at radius 3 is 2.23 bits per heavy atom. The zero-order valence-electron chi connectivity index (χ0n) is 11.8. The molecule has 22 heavy (non-hydrogen) atoms. The number of carboxylic acids is 1. The van der Waals surface area contributed by atoms with Crippen LogP contribution in [0, 0.1) is 5.82 Å². The number of hydrogen-bond donors (Lipinski definition) is 1. The van der Waals surface area contributed by atoms with E-state index >= 15 is 0 Å². The third kappa shape index (κ3) is 4.41. The highest BCUT2D eigenvalue weighted by molar-refractivity contribution is 6.39. The van der Waals surface area contributed by atoms with E-state index in [9.17, 15) is 14.0 Å². The van der Waals surface area contributed by atoms with Gasteiger partial charge in [-0.15, -0.1) is 0 Å². The predicted octanol–water partition coefficient (Wildman–Crippen LogP) is 3.10. The van der Waals surface area contributed by atoms with Crippen LogP contribution in [-0.2, 0) is 11.2 Å². The molecule has 0 atom stereocenters. The van der Waals surface area contributed by atoms with Crippen molar-refractivity contribution in [3.05, 3.63) is 65.5 Å². The number of halogens is 1. The quantitative estimate of drug-likeness (QED) is 0.485. The Labute approximate surface area is 127 Å². The Kier molecular flexibility index (Phi) is 5.25. The van der Waals surface area contributed by atoms with Gasteiger partial charge in [-0.3, -0.25) is 4.79 Å². The fourth-order valence-corrected chi connectivity index (χ4v) is 1.94. The SMILES string of the molecule is O=C(O)C(=O)c1ccc(OCCCc2ccc(F)cc2)cc1. The summed E-state index contributed by atoms with van der Waals surface area (Å²) in [6.07, 6.45) is 1.54. The summed E-state index contributed by atoms with van der Waals surface area (Å²) in [4.78, 5) is 21.8. The molecular formula is C17H15FO4. The molecule has 0 amide bonds. The Balaban J connectivity index is 1.78. The molecule has 114 valence electrons. The van der Waals surface area contributed by atoms with Crippen molar-refractivity contribution < 1.29 is 23.8 Å². The summed E-state index contributed by atoms with van der Waals surface area (Å²) in [6.45, 7) is 0.476. The van der Waals surface area contributed by atoms with Gasteiger partial charge in [-0.25, -0.2) is 9.18 Å². The number of ketones is 1. The Bertz CT molecular complexity index is 647. The summed E-state index contributed by atoms with van der Waals surface area (Å²) in [6, 6.07) is 12.3.